The number of alkyl halides is 2. The van der Waals surface area contributed by atoms with Gasteiger partial charge in [-0.05, 0) is 38.3 Å². The van der Waals surface area contributed by atoms with Gasteiger partial charge in [-0.15, -0.1) is 0 Å². The van der Waals surface area contributed by atoms with Gasteiger partial charge in [-0.3, -0.25) is 4.90 Å². The van der Waals surface area contributed by atoms with Crippen molar-refractivity contribution in [3.05, 3.63) is 71.8 Å². The highest BCUT2D eigenvalue weighted by Gasteiger charge is 2.41. The van der Waals surface area contributed by atoms with E-state index >= 15 is 0 Å². The zero-order chi connectivity index (χ0) is 27.1. The van der Waals surface area contributed by atoms with Gasteiger partial charge in [-0.1, -0.05) is 60.7 Å². The van der Waals surface area contributed by atoms with Gasteiger partial charge in [0.25, 0.3) is 5.92 Å². The molecule has 0 unspecified atom stereocenters. The summed E-state index contributed by atoms with van der Waals surface area (Å²) in [7, 11) is 0. The van der Waals surface area contributed by atoms with E-state index in [1.54, 1.807) is 20.8 Å². The van der Waals surface area contributed by atoms with Gasteiger partial charge in [-0.2, -0.15) is 0 Å². The molecule has 37 heavy (non-hydrogen) atoms. The molecule has 2 aromatic rings. The maximum absolute atomic E-state index is 13.8. The van der Waals surface area contributed by atoms with Crippen LogP contribution in [0.4, 0.5) is 18.4 Å². The summed E-state index contributed by atoms with van der Waals surface area (Å²) in [6.07, 6.45) is -1.68. The van der Waals surface area contributed by atoms with Crippen LogP contribution in [-0.4, -0.2) is 65.4 Å². The lowest BCUT2D eigenvalue weighted by Crippen LogP contribution is -2.58. The van der Waals surface area contributed by atoms with Crippen LogP contribution in [-0.2, 0) is 27.4 Å². The van der Waals surface area contributed by atoms with Gasteiger partial charge < -0.3 is 19.1 Å². The third-order valence-corrected chi connectivity index (χ3v) is 5.76. The van der Waals surface area contributed by atoms with Gasteiger partial charge >= 0.3 is 12.2 Å². The van der Waals surface area contributed by atoms with Gasteiger partial charge in [-0.25, -0.2) is 18.4 Å². The fourth-order valence-corrected chi connectivity index (χ4v) is 4.07. The summed E-state index contributed by atoms with van der Waals surface area (Å²) in [4.78, 5) is 29.0. The van der Waals surface area contributed by atoms with Crippen LogP contribution in [0.2, 0.25) is 0 Å². The molecule has 0 radical (unpaired) electrons. The third kappa shape index (κ3) is 9.31. The van der Waals surface area contributed by atoms with Crippen molar-refractivity contribution in [1.82, 2.24) is 9.80 Å². The van der Waals surface area contributed by atoms with Crippen LogP contribution in [0.25, 0.3) is 0 Å². The molecule has 0 spiro atoms. The van der Waals surface area contributed by atoms with Crippen molar-refractivity contribution in [3.63, 3.8) is 0 Å². The summed E-state index contributed by atoms with van der Waals surface area (Å²) in [5.74, 6) is -3.07. The van der Waals surface area contributed by atoms with E-state index in [1.807, 2.05) is 60.7 Å². The lowest BCUT2D eigenvalue weighted by molar-refractivity contribution is -0.121. The van der Waals surface area contributed by atoms with E-state index in [1.165, 1.54) is 9.80 Å². The number of hydrogen-bond donors (Lipinski definition) is 0. The number of hydrogen-bond acceptors (Lipinski definition) is 5. The normalized spacial score (nSPS) is 18.3. The number of amides is 2. The Morgan fingerprint density at radius 2 is 1.57 bits per heavy atom. The molecule has 202 valence electrons. The molecule has 1 aliphatic rings. The molecule has 1 fully saturated rings. The first-order chi connectivity index (χ1) is 17.4. The Labute approximate surface area is 217 Å². The number of piperidine rings is 1. The molecular formula is C28H36F2N2O5. The molecule has 9 heteroatoms. The SMILES string of the molecule is CC(F)(F)CO[C@H]1CN(C(=O)OC(C)(C)C)CC[C@H]1N(Cc1ccccc1)C(=O)OCc1ccccc1. The van der Waals surface area contributed by atoms with Crippen molar-refractivity contribution in [3.8, 4) is 0 Å². The Morgan fingerprint density at radius 1 is 0.973 bits per heavy atom. The van der Waals surface area contributed by atoms with Crippen LogP contribution < -0.4 is 0 Å². The van der Waals surface area contributed by atoms with E-state index in [9.17, 15) is 18.4 Å². The van der Waals surface area contributed by atoms with E-state index < -0.39 is 42.5 Å². The van der Waals surface area contributed by atoms with Crippen molar-refractivity contribution in [1.29, 1.82) is 0 Å². The average molecular weight is 519 g/mol. The fraction of sp³-hybridized carbons (Fsp3) is 0.500. The van der Waals surface area contributed by atoms with Crippen LogP contribution in [0.5, 0.6) is 0 Å². The highest BCUT2D eigenvalue weighted by molar-refractivity contribution is 5.69. The summed E-state index contributed by atoms with van der Waals surface area (Å²) < 4.78 is 44.3. The summed E-state index contributed by atoms with van der Waals surface area (Å²) in [6, 6.07) is 18.0. The summed E-state index contributed by atoms with van der Waals surface area (Å²) in [6.45, 7) is 5.76. The Bertz CT molecular complexity index is 1010. The molecule has 0 N–H and O–H groups in total. The molecule has 0 saturated carbocycles. The number of ether oxygens (including phenoxy) is 3. The average Bonchev–Trinajstić information content (AvgIpc) is 2.84. The van der Waals surface area contributed by atoms with Gasteiger partial charge in [0, 0.05) is 20.0 Å². The molecule has 3 rings (SSSR count). The summed E-state index contributed by atoms with van der Waals surface area (Å²) in [5, 5.41) is 0. The minimum absolute atomic E-state index is 0.00686. The van der Waals surface area contributed by atoms with Gasteiger partial charge in [0.1, 0.15) is 18.8 Å². The molecule has 1 heterocycles. The molecule has 2 atom stereocenters. The molecule has 1 aliphatic heterocycles. The molecule has 0 bridgehead atoms. The van der Waals surface area contributed by atoms with Crippen LogP contribution in [0.15, 0.2) is 60.7 Å². The number of rotatable bonds is 8. The monoisotopic (exact) mass is 518 g/mol. The number of likely N-dealkylation sites (tertiary alicyclic amines) is 1. The topological polar surface area (TPSA) is 68.3 Å². The number of halogens is 2. The van der Waals surface area contributed by atoms with E-state index in [4.69, 9.17) is 14.2 Å². The smallest absolute Gasteiger partial charge is 0.410 e. The van der Waals surface area contributed by atoms with E-state index in [0.717, 1.165) is 18.1 Å². The highest BCUT2D eigenvalue weighted by Crippen LogP contribution is 2.26. The van der Waals surface area contributed by atoms with Crippen LogP contribution >= 0.6 is 0 Å². The maximum Gasteiger partial charge on any atom is 0.410 e. The first kappa shape index (κ1) is 28.4. The van der Waals surface area contributed by atoms with Crippen molar-refractivity contribution in [2.24, 2.45) is 0 Å². The van der Waals surface area contributed by atoms with Gasteiger partial charge in [0.05, 0.1) is 18.7 Å². The zero-order valence-corrected chi connectivity index (χ0v) is 21.9. The molecule has 2 aromatic carbocycles. The Balaban J connectivity index is 1.83. The minimum Gasteiger partial charge on any atom is -0.445 e. The predicted molar refractivity (Wildman–Crippen MR) is 135 cm³/mol. The summed E-state index contributed by atoms with van der Waals surface area (Å²) >= 11 is 0. The second-order valence-corrected chi connectivity index (χ2v) is 10.4. The maximum atomic E-state index is 13.8. The fourth-order valence-electron chi connectivity index (χ4n) is 4.07. The van der Waals surface area contributed by atoms with Crippen molar-refractivity contribution in [2.45, 2.75) is 70.9 Å². The van der Waals surface area contributed by atoms with Crippen LogP contribution in [0, 0.1) is 0 Å². The molecular weight excluding hydrogens is 482 g/mol. The van der Waals surface area contributed by atoms with E-state index in [2.05, 4.69) is 0 Å². The Hall–Kier alpha value is -3.20. The van der Waals surface area contributed by atoms with Crippen LogP contribution in [0.3, 0.4) is 0 Å². The highest BCUT2D eigenvalue weighted by atomic mass is 19.3. The van der Waals surface area contributed by atoms with Crippen molar-refractivity contribution in [2.75, 3.05) is 19.7 Å². The van der Waals surface area contributed by atoms with E-state index in [-0.39, 0.29) is 26.2 Å². The first-order valence-corrected chi connectivity index (χ1v) is 12.4. The molecule has 0 aliphatic carbocycles. The minimum atomic E-state index is -3.07. The number of carbonyl (C=O) groups excluding carboxylic acids is 2. The summed E-state index contributed by atoms with van der Waals surface area (Å²) in [5.41, 5.74) is 0.975. The third-order valence-electron chi connectivity index (χ3n) is 5.76. The number of nitrogens with zero attached hydrogens (tertiary/aromatic N) is 2. The quantitative estimate of drug-likeness (QED) is 0.437. The molecule has 7 nitrogen and oxygen atoms in total. The number of benzene rings is 2. The van der Waals surface area contributed by atoms with Gasteiger partial charge in [0.2, 0.25) is 0 Å². The first-order valence-electron chi connectivity index (χ1n) is 12.4. The standard InChI is InChI=1S/C28H36F2N2O5/c1-27(2,3)37-25(33)31-16-15-23(24(18-31)36-20-28(4,29)30)32(17-21-11-7-5-8-12-21)26(34)35-19-22-13-9-6-10-14-22/h5-14,23-24H,15-20H2,1-4H3/t23-,24+/m1/s1. The van der Waals surface area contributed by atoms with Crippen LogP contribution in [0.1, 0.15) is 45.2 Å². The van der Waals surface area contributed by atoms with Gasteiger partial charge in [0.15, 0.2) is 0 Å². The zero-order valence-electron chi connectivity index (χ0n) is 21.9. The van der Waals surface area contributed by atoms with Crippen molar-refractivity contribution >= 4 is 12.2 Å². The lowest BCUT2D eigenvalue weighted by Gasteiger charge is -2.43. The lowest BCUT2D eigenvalue weighted by atomic mass is 9.99. The number of carbonyl (C=O) groups is 2. The molecule has 0 aromatic heterocycles. The second kappa shape index (κ2) is 12.4. The molecule has 2 amide bonds. The second-order valence-electron chi connectivity index (χ2n) is 10.4. The molecule has 1 saturated heterocycles. The van der Waals surface area contributed by atoms with E-state index in [0.29, 0.717) is 6.42 Å². The van der Waals surface area contributed by atoms with Crippen molar-refractivity contribution < 1.29 is 32.6 Å². The largest absolute Gasteiger partial charge is 0.445 e. The Kier molecular flexibility index (Phi) is 9.48. The predicted octanol–water partition coefficient (Wildman–Crippen LogP) is 5.88. The Morgan fingerprint density at radius 3 is 2.14 bits per heavy atom.